The Morgan fingerprint density at radius 1 is 0.409 bits per heavy atom. The molecular weight excluding hydrogens is 821 g/mol. The highest BCUT2D eigenvalue weighted by molar-refractivity contribution is 6.30. The molecule has 2 N–H and O–H groups in total. The molecule has 0 unspecified atom stereocenters. The number of H-pyrrole nitrogens is 1. The SMILES string of the molecule is CCCCCCCCCCOc1ccc(C2=NC(=O)c3c(-c4ccc(OCCCCCCCCCC)c(OCCCCCCCCCC)c4)[nH]c(O)c32)cc1OCCCCCCCCCC. The van der Waals surface area contributed by atoms with Crippen LogP contribution in [0.1, 0.15) is 255 Å². The fraction of sp³-hybridized carbons (Fsp3) is 0.690. The van der Waals surface area contributed by atoms with E-state index in [0.717, 1.165) is 56.9 Å². The van der Waals surface area contributed by atoms with E-state index in [2.05, 4.69) is 37.7 Å². The van der Waals surface area contributed by atoms with Gasteiger partial charge in [-0.3, -0.25) is 4.79 Å². The third-order valence-electron chi connectivity index (χ3n) is 13.1. The van der Waals surface area contributed by atoms with Crippen LogP contribution in [-0.4, -0.2) is 48.1 Å². The summed E-state index contributed by atoms with van der Waals surface area (Å²) in [4.78, 5) is 21.5. The first-order chi connectivity index (χ1) is 32.5. The summed E-state index contributed by atoms with van der Waals surface area (Å²) in [5.41, 5.74) is 3.16. The number of hydrogen-bond donors (Lipinski definition) is 2. The highest BCUT2D eigenvalue weighted by Gasteiger charge is 2.34. The number of aliphatic imine (C=N–C) groups is 1. The Labute approximate surface area is 401 Å². The number of rotatable bonds is 42. The quantitative estimate of drug-likeness (QED) is 0.0549. The molecule has 0 bridgehead atoms. The van der Waals surface area contributed by atoms with Crippen molar-refractivity contribution in [2.24, 2.45) is 4.99 Å². The number of benzene rings is 2. The Morgan fingerprint density at radius 2 is 0.727 bits per heavy atom. The first-order valence-corrected chi connectivity index (χ1v) is 27.4. The number of unbranched alkanes of at least 4 members (excludes halogenated alkanes) is 28. The van der Waals surface area contributed by atoms with Crippen LogP contribution >= 0.6 is 0 Å². The maximum atomic E-state index is 13.8. The molecule has 370 valence electrons. The zero-order valence-corrected chi connectivity index (χ0v) is 42.4. The molecule has 1 aliphatic heterocycles. The van der Waals surface area contributed by atoms with Crippen LogP contribution in [0.25, 0.3) is 11.3 Å². The molecule has 1 aliphatic rings. The molecule has 2 aromatic carbocycles. The summed E-state index contributed by atoms with van der Waals surface area (Å²) in [5, 5.41) is 11.5. The zero-order chi connectivity index (χ0) is 46.9. The Hall–Kier alpha value is -3.94. The number of hydrogen-bond acceptors (Lipinski definition) is 6. The summed E-state index contributed by atoms with van der Waals surface area (Å²) in [5.74, 6) is 2.24. The van der Waals surface area contributed by atoms with Gasteiger partial charge in [0.15, 0.2) is 28.9 Å². The van der Waals surface area contributed by atoms with Gasteiger partial charge in [0.05, 0.1) is 49.0 Å². The maximum absolute atomic E-state index is 13.8. The third-order valence-corrected chi connectivity index (χ3v) is 13.1. The standard InChI is InChI=1S/C58H92N2O6/c1-5-9-13-17-21-25-29-33-41-63-49-39-37-47(45-51(49)65-43-35-31-27-23-19-15-11-7-3)55-53-54(58(62)59-55)56(60-57(53)61)48-38-40-50(64-42-34-30-26-22-18-14-10-6-2)52(46-48)66-44-36-32-28-24-20-16-12-8-4/h37-40,45-46,59,62H,5-36,41-44H2,1-4H3. The number of carbonyl (C=O) groups is 1. The molecule has 3 aromatic rings. The van der Waals surface area contributed by atoms with E-state index >= 15 is 0 Å². The molecule has 0 saturated carbocycles. The third kappa shape index (κ3) is 20.1. The molecule has 0 spiro atoms. The van der Waals surface area contributed by atoms with Gasteiger partial charge >= 0.3 is 0 Å². The summed E-state index contributed by atoms with van der Waals surface area (Å²) in [6, 6.07) is 11.6. The number of carbonyl (C=O) groups excluding carboxylic acids is 1. The van der Waals surface area contributed by atoms with Crippen LogP contribution in [0.5, 0.6) is 28.9 Å². The van der Waals surface area contributed by atoms with Crippen molar-refractivity contribution in [3.63, 3.8) is 0 Å². The highest BCUT2D eigenvalue weighted by Crippen LogP contribution is 2.42. The lowest BCUT2D eigenvalue weighted by Gasteiger charge is -2.15. The molecule has 8 heteroatoms. The molecular formula is C58H92N2O6. The van der Waals surface area contributed by atoms with Crippen molar-refractivity contribution in [3.05, 3.63) is 53.1 Å². The topological polar surface area (TPSA) is 102 Å². The van der Waals surface area contributed by atoms with Crippen molar-refractivity contribution >= 4 is 11.6 Å². The smallest absolute Gasteiger partial charge is 0.280 e. The molecule has 66 heavy (non-hydrogen) atoms. The zero-order valence-electron chi connectivity index (χ0n) is 42.4. The number of fused-ring (bicyclic) bond motifs is 1. The molecule has 1 amide bonds. The number of aromatic nitrogens is 1. The van der Waals surface area contributed by atoms with Crippen molar-refractivity contribution in [1.29, 1.82) is 0 Å². The monoisotopic (exact) mass is 913 g/mol. The van der Waals surface area contributed by atoms with Gasteiger partial charge in [-0.05, 0) is 62.1 Å². The van der Waals surface area contributed by atoms with Gasteiger partial charge < -0.3 is 29.0 Å². The van der Waals surface area contributed by atoms with Gasteiger partial charge in [-0.15, -0.1) is 0 Å². The van der Waals surface area contributed by atoms with Gasteiger partial charge in [0.1, 0.15) is 0 Å². The van der Waals surface area contributed by atoms with E-state index in [1.165, 1.54) is 154 Å². The fourth-order valence-corrected chi connectivity index (χ4v) is 9.03. The molecule has 0 radical (unpaired) electrons. The number of nitrogens with one attached hydrogen (secondary N) is 1. The number of nitrogens with zero attached hydrogens (tertiary/aromatic N) is 1. The fourth-order valence-electron chi connectivity index (χ4n) is 9.03. The average Bonchev–Trinajstić information content (AvgIpc) is 3.86. The van der Waals surface area contributed by atoms with Gasteiger partial charge in [0.25, 0.3) is 5.91 Å². The van der Waals surface area contributed by atoms with Crippen molar-refractivity contribution in [2.45, 2.75) is 233 Å². The minimum absolute atomic E-state index is 0.0857. The molecule has 0 fully saturated rings. The van der Waals surface area contributed by atoms with Crippen LogP contribution in [0.2, 0.25) is 0 Å². The van der Waals surface area contributed by atoms with E-state index in [1.54, 1.807) is 0 Å². The summed E-state index contributed by atoms with van der Waals surface area (Å²) >= 11 is 0. The number of aromatic amines is 1. The highest BCUT2D eigenvalue weighted by atomic mass is 16.5. The van der Waals surface area contributed by atoms with Crippen LogP contribution in [-0.2, 0) is 0 Å². The van der Waals surface area contributed by atoms with Gasteiger partial charge in [-0.2, -0.15) is 0 Å². The van der Waals surface area contributed by atoms with Crippen LogP contribution in [0.4, 0.5) is 0 Å². The normalized spacial score (nSPS) is 12.2. The first-order valence-electron chi connectivity index (χ1n) is 27.4. The van der Waals surface area contributed by atoms with Crippen LogP contribution < -0.4 is 18.9 Å². The second-order valence-electron chi connectivity index (χ2n) is 19.0. The molecule has 4 rings (SSSR count). The number of ether oxygens (including phenoxy) is 4. The summed E-state index contributed by atoms with van der Waals surface area (Å²) in [7, 11) is 0. The van der Waals surface area contributed by atoms with E-state index < -0.39 is 0 Å². The minimum Gasteiger partial charge on any atom is -0.494 e. The lowest BCUT2D eigenvalue weighted by Crippen LogP contribution is -2.06. The second kappa shape index (κ2) is 34.4. The first kappa shape index (κ1) is 54.7. The van der Waals surface area contributed by atoms with Gasteiger partial charge in [0, 0.05) is 11.1 Å². The predicted octanol–water partition coefficient (Wildman–Crippen LogP) is 17.5. The summed E-state index contributed by atoms with van der Waals surface area (Å²) < 4.78 is 25.6. The van der Waals surface area contributed by atoms with Crippen molar-refractivity contribution in [1.82, 2.24) is 4.98 Å². The van der Waals surface area contributed by atoms with Crippen molar-refractivity contribution in [2.75, 3.05) is 26.4 Å². The van der Waals surface area contributed by atoms with Crippen LogP contribution in [0.15, 0.2) is 41.4 Å². The van der Waals surface area contributed by atoms with E-state index in [4.69, 9.17) is 18.9 Å². The Balaban J connectivity index is 1.47. The van der Waals surface area contributed by atoms with Gasteiger partial charge in [-0.25, -0.2) is 4.99 Å². The number of amides is 1. The second-order valence-corrected chi connectivity index (χ2v) is 19.0. The maximum Gasteiger partial charge on any atom is 0.280 e. The molecule has 0 saturated heterocycles. The van der Waals surface area contributed by atoms with Crippen LogP contribution in [0.3, 0.4) is 0 Å². The lowest BCUT2D eigenvalue weighted by atomic mass is 9.99. The average molecular weight is 913 g/mol. The molecule has 2 heterocycles. The Bertz CT molecular complexity index is 1780. The summed E-state index contributed by atoms with van der Waals surface area (Å²) in [6.07, 6.45) is 39.4. The predicted molar refractivity (Wildman–Crippen MR) is 277 cm³/mol. The number of aromatic hydroxyl groups is 1. The molecule has 0 aliphatic carbocycles. The lowest BCUT2D eigenvalue weighted by molar-refractivity contribution is 0.101. The summed E-state index contributed by atoms with van der Waals surface area (Å²) in [6.45, 7) is 11.5. The van der Waals surface area contributed by atoms with Gasteiger partial charge in [-0.1, -0.05) is 207 Å². The van der Waals surface area contributed by atoms with E-state index in [0.29, 0.717) is 77.5 Å². The van der Waals surface area contributed by atoms with E-state index in [9.17, 15) is 9.90 Å². The van der Waals surface area contributed by atoms with E-state index in [-0.39, 0.29) is 11.8 Å². The minimum atomic E-state index is -0.389. The molecule has 0 atom stereocenters. The Morgan fingerprint density at radius 3 is 1.11 bits per heavy atom. The van der Waals surface area contributed by atoms with Crippen molar-refractivity contribution in [3.8, 4) is 40.1 Å². The van der Waals surface area contributed by atoms with E-state index in [1.807, 2.05) is 36.4 Å². The largest absolute Gasteiger partial charge is 0.494 e. The van der Waals surface area contributed by atoms with Crippen LogP contribution in [0, 0.1) is 0 Å². The molecule has 8 nitrogen and oxygen atoms in total. The Kier molecular flexibility index (Phi) is 28.5. The molecule has 1 aromatic heterocycles. The van der Waals surface area contributed by atoms with Crippen molar-refractivity contribution < 1.29 is 28.8 Å². The van der Waals surface area contributed by atoms with Gasteiger partial charge in [0.2, 0.25) is 0 Å².